The number of rotatable bonds is 4. The fourth-order valence-electron chi connectivity index (χ4n) is 3.48. The summed E-state index contributed by atoms with van der Waals surface area (Å²) in [5, 5.41) is 9.28. The van der Waals surface area contributed by atoms with Gasteiger partial charge < -0.3 is 9.84 Å². The molecule has 1 atom stereocenters. The van der Waals surface area contributed by atoms with Gasteiger partial charge in [-0.25, -0.2) is 0 Å². The van der Waals surface area contributed by atoms with E-state index >= 15 is 0 Å². The fourth-order valence-corrected chi connectivity index (χ4v) is 3.48. The van der Waals surface area contributed by atoms with Crippen LogP contribution < -0.4 is 0 Å². The highest BCUT2D eigenvalue weighted by atomic mass is 16.5. The molecule has 2 aliphatic rings. The number of nitrogens with zero attached hydrogens (tertiary/aromatic N) is 1. The van der Waals surface area contributed by atoms with E-state index < -0.39 is 0 Å². The van der Waals surface area contributed by atoms with Gasteiger partial charge in [0.1, 0.15) is 0 Å². The molecule has 0 radical (unpaired) electrons. The van der Waals surface area contributed by atoms with Gasteiger partial charge >= 0.3 is 0 Å². The molecule has 0 spiro atoms. The summed E-state index contributed by atoms with van der Waals surface area (Å²) in [6.07, 6.45) is 4.97. The topological polar surface area (TPSA) is 32.7 Å². The van der Waals surface area contributed by atoms with Gasteiger partial charge in [0.05, 0.1) is 17.8 Å². The van der Waals surface area contributed by atoms with Crippen molar-refractivity contribution in [2.45, 2.75) is 76.7 Å². The lowest BCUT2D eigenvalue weighted by Gasteiger charge is -2.44. The molecule has 0 aromatic carbocycles. The molecule has 100 valence electrons. The maximum atomic E-state index is 9.28. The van der Waals surface area contributed by atoms with E-state index in [0.29, 0.717) is 12.1 Å². The van der Waals surface area contributed by atoms with Crippen LogP contribution in [0.4, 0.5) is 0 Å². The zero-order valence-electron chi connectivity index (χ0n) is 11.7. The first-order valence-electron chi connectivity index (χ1n) is 6.92. The van der Waals surface area contributed by atoms with Crippen molar-refractivity contribution in [1.82, 2.24) is 4.90 Å². The Labute approximate surface area is 105 Å². The summed E-state index contributed by atoms with van der Waals surface area (Å²) in [4.78, 5) is 2.50. The lowest BCUT2D eigenvalue weighted by atomic mass is 9.85. The van der Waals surface area contributed by atoms with Gasteiger partial charge in [0.25, 0.3) is 0 Å². The second-order valence-electron chi connectivity index (χ2n) is 6.73. The third-order valence-corrected chi connectivity index (χ3v) is 4.33. The molecular weight excluding hydrogens is 214 g/mol. The van der Waals surface area contributed by atoms with E-state index in [1.165, 1.54) is 19.3 Å². The van der Waals surface area contributed by atoms with Gasteiger partial charge in [0.2, 0.25) is 0 Å². The summed E-state index contributed by atoms with van der Waals surface area (Å²) in [7, 11) is 0. The van der Waals surface area contributed by atoms with Crippen molar-refractivity contribution in [2.24, 2.45) is 0 Å². The number of aliphatic hydroxyl groups is 1. The van der Waals surface area contributed by atoms with E-state index in [1.54, 1.807) is 0 Å². The Balaban J connectivity index is 2.12. The smallest absolute Gasteiger partial charge is 0.0789 e. The third-order valence-electron chi connectivity index (χ3n) is 4.33. The van der Waals surface area contributed by atoms with Crippen LogP contribution >= 0.6 is 0 Å². The molecule has 0 aromatic rings. The van der Waals surface area contributed by atoms with Crippen molar-refractivity contribution in [3.05, 3.63) is 0 Å². The second kappa shape index (κ2) is 4.52. The summed E-state index contributed by atoms with van der Waals surface area (Å²) < 4.78 is 6.17. The molecule has 1 aliphatic carbocycles. The van der Waals surface area contributed by atoms with Crippen molar-refractivity contribution in [3.63, 3.8) is 0 Å². The Bertz CT molecular complexity index is 271. The van der Waals surface area contributed by atoms with Crippen LogP contribution in [0.5, 0.6) is 0 Å². The van der Waals surface area contributed by atoms with E-state index in [0.717, 1.165) is 13.0 Å². The number of ether oxygens (including phenoxy) is 1. The molecule has 17 heavy (non-hydrogen) atoms. The van der Waals surface area contributed by atoms with Crippen LogP contribution in [0.15, 0.2) is 0 Å². The largest absolute Gasteiger partial charge is 0.395 e. The zero-order valence-corrected chi connectivity index (χ0v) is 11.7. The molecule has 2 rings (SSSR count). The van der Waals surface area contributed by atoms with Crippen molar-refractivity contribution < 1.29 is 9.84 Å². The standard InChI is InChI=1S/C14H27NO2/c1-13(2)10-12(14(3,4)17-13)15(8-9-16)11-6-5-7-11/h11-12,16H,5-10H2,1-4H3. The van der Waals surface area contributed by atoms with Gasteiger partial charge in [-0.15, -0.1) is 0 Å². The van der Waals surface area contributed by atoms with Crippen molar-refractivity contribution in [3.8, 4) is 0 Å². The highest BCUT2D eigenvalue weighted by Gasteiger charge is 2.49. The molecule has 1 saturated heterocycles. The maximum absolute atomic E-state index is 9.28. The van der Waals surface area contributed by atoms with Crippen LogP contribution in [0.1, 0.15) is 53.4 Å². The summed E-state index contributed by atoms with van der Waals surface area (Å²) in [6, 6.07) is 1.11. The van der Waals surface area contributed by atoms with Gasteiger partial charge in [0, 0.05) is 18.6 Å². The lowest BCUT2D eigenvalue weighted by Crippen LogP contribution is -2.54. The lowest BCUT2D eigenvalue weighted by molar-refractivity contribution is -0.0887. The molecule has 0 aromatic heterocycles. The molecule has 1 aliphatic heterocycles. The van der Waals surface area contributed by atoms with Gasteiger partial charge in [0.15, 0.2) is 0 Å². The monoisotopic (exact) mass is 241 g/mol. The van der Waals surface area contributed by atoms with Crippen molar-refractivity contribution in [2.75, 3.05) is 13.2 Å². The van der Waals surface area contributed by atoms with E-state index in [1.807, 2.05) is 0 Å². The van der Waals surface area contributed by atoms with E-state index in [2.05, 4.69) is 32.6 Å². The van der Waals surface area contributed by atoms with Crippen LogP contribution in [-0.4, -0.2) is 46.4 Å². The van der Waals surface area contributed by atoms with Crippen molar-refractivity contribution >= 4 is 0 Å². The predicted molar refractivity (Wildman–Crippen MR) is 69.1 cm³/mol. The molecular formula is C14H27NO2. The molecule has 0 amide bonds. The Kier molecular flexibility index (Phi) is 3.54. The molecule has 1 saturated carbocycles. The summed E-state index contributed by atoms with van der Waals surface area (Å²) in [6.45, 7) is 9.77. The van der Waals surface area contributed by atoms with Crippen LogP contribution in [0.25, 0.3) is 0 Å². The maximum Gasteiger partial charge on any atom is 0.0789 e. The van der Waals surface area contributed by atoms with Gasteiger partial charge in [-0.2, -0.15) is 0 Å². The minimum absolute atomic E-state index is 0.0361. The van der Waals surface area contributed by atoms with Gasteiger partial charge in [-0.3, -0.25) is 4.90 Å². The highest BCUT2D eigenvalue weighted by molar-refractivity contribution is 5.02. The molecule has 3 heteroatoms. The number of aliphatic hydroxyl groups excluding tert-OH is 1. The average molecular weight is 241 g/mol. The third kappa shape index (κ3) is 2.67. The molecule has 3 nitrogen and oxygen atoms in total. The minimum Gasteiger partial charge on any atom is -0.395 e. The molecule has 1 heterocycles. The fraction of sp³-hybridized carbons (Fsp3) is 1.00. The Morgan fingerprint density at radius 2 is 1.88 bits per heavy atom. The minimum atomic E-state index is -0.103. The first-order chi connectivity index (χ1) is 7.86. The number of hydrogen-bond donors (Lipinski definition) is 1. The van der Waals surface area contributed by atoms with E-state index in [-0.39, 0.29) is 17.8 Å². The molecule has 0 bridgehead atoms. The SMILES string of the molecule is CC1(C)CC(N(CCO)C2CCC2)C(C)(C)O1. The Morgan fingerprint density at radius 1 is 1.24 bits per heavy atom. The summed E-state index contributed by atoms with van der Waals surface area (Å²) in [5.41, 5.74) is -0.139. The van der Waals surface area contributed by atoms with Crippen LogP contribution in [0, 0.1) is 0 Å². The first-order valence-corrected chi connectivity index (χ1v) is 6.92. The van der Waals surface area contributed by atoms with E-state index in [4.69, 9.17) is 4.74 Å². The quantitative estimate of drug-likeness (QED) is 0.819. The predicted octanol–water partition coefficient (Wildman–Crippen LogP) is 2.18. The first kappa shape index (κ1) is 13.3. The van der Waals surface area contributed by atoms with Gasteiger partial charge in [-0.05, 0) is 47.0 Å². The summed E-state index contributed by atoms with van der Waals surface area (Å²) in [5.74, 6) is 0. The Morgan fingerprint density at radius 3 is 2.24 bits per heavy atom. The normalized spacial score (nSPS) is 31.8. The van der Waals surface area contributed by atoms with Crippen LogP contribution in [-0.2, 0) is 4.74 Å². The van der Waals surface area contributed by atoms with Crippen molar-refractivity contribution in [1.29, 1.82) is 0 Å². The molecule has 2 fully saturated rings. The number of hydrogen-bond acceptors (Lipinski definition) is 3. The molecule has 1 unspecified atom stereocenters. The van der Waals surface area contributed by atoms with Gasteiger partial charge in [-0.1, -0.05) is 6.42 Å². The van der Waals surface area contributed by atoms with Crippen LogP contribution in [0.3, 0.4) is 0 Å². The van der Waals surface area contributed by atoms with Crippen LogP contribution in [0.2, 0.25) is 0 Å². The van der Waals surface area contributed by atoms with E-state index in [9.17, 15) is 5.11 Å². The highest BCUT2D eigenvalue weighted by Crippen LogP contribution is 2.42. The summed E-state index contributed by atoms with van der Waals surface area (Å²) >= 11 is 0. The Hall–Kier alpha value is -0.120. The average Bonchev–Trinajstić information content (AvgIpc) is 2.30. The molecule has 1 N–H and O–H groups in total. The zero-order chi connectivity index (χ0) is 12.7. The second-order valence-corrected chi connectivity index (χ2v) is 6.73.